The summed E-state index contributed by atoms with van der Waals surface area (Å²) in [5.74, 6) is 0.751. The van der Waals surface area contributed by atoms with E-state index in [1.165, 1.54) is 4.90 Å². The standard InChI is InChI=1S/C17H23N3O3/c1-13(2)20-15(21)17(18-16(20)22)8-9-19(12-17)10-11-23-14-6-4-3-5-7-14/h3-7,13H,8-12H2,1-2H3,(H,18,22)/t17-/m0/s1. The molecule has 0 unspecified atom stereocenters. The van der Waals surface area contributed by atoms with Gasteiger partial charge in [0.05, 0.1) is 0 Å². The van der Waals surface area contributed by atoms with Crippen molar-refractivity contribution >= 4 is 11.9 Å². The van der Waals surface area contributed by atoms with E-state index in [2.05, 4.69) is 10.2 Å². The van der Waals surface area contributed by atoms with E-state index in [0.29, 0.717) is 19.6 Å². The highest BCUT2D eigenvalue weighted by Crippen LogP contribution is 2.29. The van der Waals surface area contributed by atoms with Crippen molar-refractivity contribution in [2.45, 2.75) is 31.8 Å². The third-order valence-corrected chi connectivity index (χ3v) is 4.48. The van der Waals surface area contributed by atoms with E-state index < -0.39 is 5.54 Å². The Labute approximate surface area is 136 Å². The number of nitrogens with one attached hydrogen (secondary N) is 1. The average Bonchev–Trinajstić information content (AvgIpc) is 3.02. The number of hydrogen-bond acceptors (Lipinski definition) is 4. The SMILES string of the molecule is CC(C)N1C(=O)N[C@]2(CCN(CCOc3ccccc3)C2)C1=O. The number of ether oxygens (including phenoxy) is 1. The van der Waals surface area contributed by atoms with E-state index >= 15 is 0 Å². The summed E-state index contributed by atoms with van der Waals surface area (Å²) >= 11 is 0. The molecule has 124 valence electrons. The maximum atomic E-state index is 12.6. The molecule has 6 heteroatoms. The highest BCUT2D eigenvalue weighted by atomic mass is 16.5. The van der Waals surface area contributed by atoms with Gasteiger partial charge in [0.15, 0.2) is 0 Å². The summed E-state index contributed by atoms with van der Waals surface area (Å²) < 4.78 is 5.70. The number of rotatable bonds is 5. The van der Waals surface area contributed by atoms with Gasteiger partial charge in [-0.15, -0.1) is 0 Å². The van der Waals surface area contributed by atoms with Gasteiger partial charge in [0.25, 0.3) is 5.91 Å². The van der Waals surface area contributed by atoms with Crippen molar-refractivity contribution in [3.8, 4) is 5.75 Å². The van der Waals surface area contributed by atoms with Crippen LogP contribution in [0, 0.1) is 0 Å². The maximum Gasteiger partial charge on any atom is 0.325 e. The minimum absolute atomic E-state index is 0.0935. The minimum atomic E-state index is -0.742. The van der Waals surface area contributed by atoms with Crippen molar-refractivity contribution in [1.82, 2.24) is 15.1 Å². The molecule has 0 saturated carbocycles. The molecule has 0 aromatic heterocycles. The van der Waals surface area contributed by atoms with E-state index in [1.54, 1.807) is 0 Å². The first-order chi connectivity index (χ1) is 11.0. The lowest BCUT2D eigenvalue weighted by molar-refractivity contribution is -0.132. The second kappa shape index (κ2) is 6.20. The summed E-state index contributed by atoms with van der Waals surface area (Å²) in [7, 11) is 0. The largest absolute Gasteiger partial charge is 0.492 e. The molecule has 2 aliphatic heterocycles. The molecule has 2 saturated heterocycles. The Morgan fingerprint density at radius 2 is 2.00 bits per heavy atom. The Hall–Kier alpha value is -2.08. The lowest BCUT2D eigenvalue weighted by Crippen LogP contribution is -2.49. The van der Waals surface area contributed by atoms with Crippen molar-refractivity contribution in [1.29, 1.82) is 0 Å². The normalized spacial score (nSPS) is 24.7. The quantitative estimate of drug-likeness (QED) is 0.836. The summed E-state index contributed by atoms with van der Waals surface area (Å²) in [6.07, 6.45) is 0.659. The third kappa shape index (κ3) is 3.03. The van der Waals surface area contributed by atoms with Crippen LogP contribution in [0.4, 0.5) is 4.79 Å². The van der Waals surface area contributed by atoms with Crippen molar-refractivity contribution < 1.29 is 14.3 Å². The van der Waals surface area contributed by atoms with Crippen LogP contribution in [0.2, 0.25) is 0 Å². The monoisotopic (exact) mass is 317 g/mol. The molecule has 1 spiro atoms. The van der Waals surface area contributed by atoms with Crippen molar-refractivity contribution in [2.24, 2.45) is 0 Å². The number of carbonyl (C=O) groups is 2. The zero-order chi connectivity index (χ0) is 16.4. The molecule has 0 bridgehead atoms. The number of hydrogen-bond donors (Lipinski definition) is 1. The number of imide groups is 1. The zero-order valence-corrected chi connectivity index (χ0v) is 13.6. The number of likely N-dealkylation sites (tertiary alicyclic amines) is 1. The van der Waals surface area contributed by atoms with Gasteiger partial charge in [0.1, 0.15) is 17.9 Å². The van der Waals surface area contributed by atoms with Crippen molar-refractivity contribution in [2.75, 3.05) is 26.2 Å². The third-order valence-electron chi connectivity index (χ3n) is 4.48. The predicted molar refractivity (Wildman–Crippen MR) is 86.2 cm³/mol. The van der Waals surface area contributed by atoms with Crippen LogP contribution in [0.15, 0.2) is 30.3 Å². The first-order valence-electron chi connectivity index (χ1n) is 8.08. The number of amides is 3. The highest BCUT2D eigenvalue weighted by molar-refractivity contribution is 6.07. The van der Waals surface area contributed by atoms with Gasteiger partial charge in [-0.2, -0.15) is 0 Å². The van der Waals surface area contributed by atoms with E-state index in [9.17, 15) is 9.59 Å². The van der Waals surface area contributed by atoms with Crippen molar-refractivity contribution in [3.63, 3.8) is 0 Å². The molecular weight excluding hydrogens is 294 g/mol. The van der Waals surface area contributed by atoms with Gasteiger partial charge in [0, 0.05) is 25.7 Å². The lowest BCUT2D eigenvalue weighted by Gasteiger charge is -2.23. The van der Waals surface area contributed by atoms with Gasteiger partial charge < -0.3 is 10.1 Å². The molecular formula is C17H23N3O3. The second-order valence-electron chi connectivity index (χ2n) is 6.47. The Morgan fingerprint density at radius 3 is 2.65 bits per heavy atom. The smallest absolute Gasteiger partial charge is 0.325 e. The Morgan fingerprint density at radius 1 is 1.26 bits per heavy atom. The number of para-hydroxylation sites is 1. The van der Waals surface area contributed by atoms with Crippen LogP contribution < -0.4 is 10.1 Å². The molecule has 2 heterocycles. The summed E-state index contributed by atoms with van der Waals surface area (Å²) in [4.78, 5) is 28.2. The molecule has 0 aliphatic carbocycles. The molecule has 1 aromatic carbocycles. The maximum absolute atomic E-state index is 12.6. The summed E-state index contributed by atoms with van der Waals surface area (Å²) in [5, 5.41) is 2.90. The number of nitrogens with zero attached hydrogens (tertiary/aromatic N) is 2. The Balaban J connectivity index is 1.54. The van der Waals surface area contributed by atoms with E-state index in [0.717, 1.165) is 18.8 Å². The van der Waals surface area contributed by atoms with Crippen LogP contribution in [0.25, 0.3) is 0 Å². The molecule has 1 atom stereocenters. The first kappa shape index (κ1) is 15.8. The van der Waals surface area contributed by atoms with Crippen LogP contribution >= 0.6 is 0 Å². The van der Waals surface area contributed by atoms with Gasteiger partial charge in [-0.05, 0) is 32.4 Å². The van der Waals surface area contributed by atoms with Crippen LogP contribution in [0.5, 0.6) is 5.75 Å². The van der Waals surface area contributed by atoms with Crippen LogP contribution in [-0.4, -0.2) is 59.6 Å². The van der Waals surface area contributed by atoms with E-state index in [-0.39, 0.29) is 18.0 Å². The molecule has 23 heavy (non-hydrogen) atoms. The fourth-order valence-electron chi connectivity index (χ4n) is 3.28. The molecule has 1 aromatic rings. The predicted octanol–water partition coefficient (Wildman–Crippen LogP) is 1.47. The average molecular weight is 317 g/mol. The van der Waals surface area contributed by atoms with Crippen LogP contribution in [-0.2, 0) is 4.79 Å². The molecule has 3 amide bonds. The van der Waals surface area contributed by atoms with E-state index in [4.69, 9.17) is 4.74 Å². The molecule has 2 aliphatic rings. The molecule has 2 fully saturated rings. The number of urea groups is 1. The molecule has 0 radical (unpaired) electrons. The van der Waals surface area contributed by atoms with Crippen LogP contribution in [0.1, 0.15) is 20.3 Å². The van der Waals surface area contributed by atoms with Crippen molar-refractivity contribution in [3.05, 3.63) is 30.3 Å². The van der Waals surface area contributed by atoms with Gasteiger partial charge in [0.2, 0.25) is 0 Å². The zero-order valence-electron chi connectivity index (χ0n) is 13.6. The molecule has 1 N–H and O–H groups in total. The number of carbonyl (C=O) groups excluding carboxylic acids is 2. The van der Waals surface area contributed by atoms with Gasteiger partial charge >= 0.3 is 6.03 Å². The fraction of sp³-hybridized carbons (Fsp3) is 0.529. The Bertz CT molecular complexity index is 590. The summed E-state index contributed by atoms with van der Waals surface area (Å²) in [5.41, 5.74) is -0.742. The molecule has 3 rings (SSSR count). The van der Waals surface area contributed by atoms with Gasteiger partial charge in [-0.3, -0.25) is 14.6 Å². The first-order valence-corrected chi connectivity index (χ1v) is 8.08. The van der Waals surface area contributed by atoms with Crippen LogP contribution in [0.3, 0.4) is 0 Å². The highest BCUT2D eigenvalue weighted by Gasteiger charge is 2.55. The minimum Gasteiger partial charge on any atom is -0.492 e. The fourth-order valence-corrected chi connectivity index (χ4v) is 3.28. The molecule has 6 nitrogen and oxygen atoms in total. The van der Waals surface area contributed by atoms with Gasteiger partial charge in [-0.25, -0.2) is 4.79 Å². The summed E-state index contributed by atoms with van der Waals surface area (Å²) in [6, 6.07) is 9.29. The second-order valence-corrected chi connectivity index (χ2v) is 6.47. The van der Waals surface area contributed by atoms with Gasteiger partial charge in [-0.1, -0.05) is 18.2 Å². The topological polar surface area (TPSA) is 61.9 Å². The lowest BCUT2D eigenvalue weighted by atomic mass is 9.99. The Kier molecular flexibility index (Phi) is 4.26. The van der Waals surface area contributed by atoms with E-state index in [1.807, 2.05) is 44.2 Å². The summed E-state index contributed by atoms with van der Waals surface area (Å²) in [6.45, 7) is 6.36. The number of benzene rings is 1.